The highest BCUT2D eigenvalue weighted by atomic mass is 16.6. The Morgan fingerprint density at radius 3 is 2.32 bits per heavy atom. The van der Waals surface area contributed by atoms with Crippen molar-refractivity contribution < 1.29 is 28.7 Å². The molecule has 28 heavy (non-hydrogen) atoms. The van der Waals surface area contributed by atoms with Gasteiger partial charge >= 0.3 is 5.97 Å². The Hall–Kier alpha value is -3.62. The Morgan fingerprint density at radius 2 is 1.71 bits per heavy atom. The standard InChI is InChI=1S/C19H20N2O7/c1-26-16-8-3-13(11-17(16)27-2)12-28-18(22)9-10-20-19(23)14-4-6-15(7-5-14)21(24)25/h3-8,11H,9-10,12H2,1-2H3,(H,20,23). The van der Waals surface area contributed by atoms with Crippen LogP contribution in [0, 0.1) is 10.1 Å². The Bertz CT molecular complexity index is 850. The third-order valence-corrected chi connectivity index (χ3v) is 3.80. The molecule has 0 saturated carbocycles. The zero-order valence-corrected chi connectivity index (χ0v) is 15.5. The van der Waals surface area contributed by atoms with E-state index in [2.05, 4.69) is 5.32 Å². The number of ether oxygens (including phenoxy) is 3. The second-order valence-corrected chi connectivity index (χ2v) is 5.66. The summed E-state index contributed by atoms with van der Waals surface area (Å²) < 4.78 is 15.5. The van der Waals surface area contributed by atoms with E-state index >= 15 is 0 Å². The van der Waals surface area contributed by atoms with Crippen LogP contribution in [-0.2, 0) is 16.1 Å². The molecule has 0 spiro atoms. The minimum Gasteiger partial charge on any atom is -0.493 e. The fraction of sp³-hybridized carbons (Fsp3) is 0.263. The number of methoxy groups -OCH3 is 2. The number of benzene rings is 2. The van der Waals surface area contributed by atoms with Crippen molar-refractivity contribution in [2.75, 3.05) is 20.8 Å². The number of nitro benzene ring substituents is 1. The van der Waals surface area contributed by atoms with Crippen molar-refractivity contribution in [3.63, 3.8) is 0 Å². The van der Waals surface area contributed by atoms with E-state index in [0.717, 1.165) is 5.56 Å². The van der Waals surface area contributed by atoms with Crippen LogP contribution in [0.1, 0.15) is 22.3 Å². The van der Waals surface area contributed by atoms with Gasteiger partial charge in [-0.3, -0.25) is 19.7 Å². The number of nitrogens with zero attached hydrogens (tertiary/aromatic N) is 1. The van der Waals surface area contributed by atoms with Crippen molar-refractivity contribution >= 4 is 17.6 Å². The van der Waals surface area contributed by atoms with E-state index in [1.54, 1.807) is 18.2 Å². The van der Waals surface area contributed by atoms with Crippen LogP contribution in [0.3, 0.4) is 0 Å². The van der Waals surface area contributed by atoms with E-state index < -0.39 is 16.8 Å². The molecule has 1 amide bonds. The zero-order chi connectivity index (χ0) is 20.5. The summed E-state index contributed by atoms with van der Waals surface area (Å²) in [7, 11) is 3.05. The molecule has 1 N–H and O–H groups in total. The highest BCUT2D eigenvalue weighted by Gasteiger charge is 2.11. The summed E-state index contributed by atoms with van der Waals surface area (Å²) in [5, 5.41) is 13.2. The third kappa shape index (κ3) is 5.70. The Kier molecular flexibility index (Phi) is 7.32. The number of nitro groups is 1. The molecule has 0 aromatic heterocycles. The first-order chi connectivity index (χ1) is 13.4. The minimum absolute atomic E-state index is 0.00793. The van der Waals surface area contributed by atoms with E-state index in [1.165, 1.54) is 38.5 Å². The normalized spacial score (nSPS) is 10.1. The zero-order valence-electron chi connectivity index (χ0n) is 15.5. The van der Waals surface area contributed by atoms with Gasteiger partial charge in [0.2, 0.25) is 0 Å². The maximum Gasteiger partial charge on any atom is 0.307 e. The van der Waals surface area contributed by atoms with Crippen LogP contribution in [0.4, 0.5) is 5.69 Å². The molecule has 9 heteroatoms. The second-order valence-electron chi connectivity index (χ2n) is 5.66. The smallest absolute Gasteiger partial charge is 0.307 e. The number of nitrogens with one attached hydrogen (secondary N) is 1. The number of non-ortho nitro benzene ring substituents is 1. The number of carbonyl (C=O) groups excluding carboxylic acids is 2. The first-order valence-electron chi connectivity index (χ1n) is 8.33. The second kappa shape index (κ2) is 9.91. The van der Waals surface area contributed by atoms with Gasteiger partial charge in [0.05, 0.1) is 25.6 Å². The molecule has 148 valence electrons. The summed E-state index contributed by atoms with van der Waals surface area (Å²) >= 11 is 0. The van der Waals surface area contributed by atoms with Crippen molar-refractivity contribution in [2.45, 2.75) is 13.0 Å². The SMILES string of the molecule is COc1ccc(COC(=O)CCNC(=O)c2ccc([N+](=O)[O-])cc2)cc1OC. The topological polar surface area (TPSA) is 117 Å². The molecule has 0 heterocycles. The first-order valence-corrected chi connectivity index (χ1v) is 8.33. The summed E-state index contributed by atoms with van der Waals surface area (Å²) in [6, 6.07) is 10.4. The number of esters is 1. The third-order valence-electron chi connectivity index (χ3n) is 3.80. The summed E-state index contributed by atoms with van der Waals surface area (Å²) in [4.78, 5) is 33.8. The molecule has 0 fully saturated rings. The molecule has 0 atom stereocenters. The van der Waals surface area contributed by atoms with Crippen molar-refractivity contribution in [3.05, 3.63) is 63.7 Å². The Labute approximate surface area is 161 Å². The van der Waals surface area contributed by atoms with Gasteiger partial charge in [-0.15, -0.1) is 0 Å². The molecule has 0 bridgehead atoms. The van der Waals surface area contributed by atoms with Gasteiger partial charge in [-0.2, -0.15) is 0 Å². The van der Waals surface area contributed by atoms with Crippen LogP contribution >= 0.6 is 0 Å². The molecular weight excluding hydrogens is 368 g/mol. The predicted molar refractivity (Wildman–Crippen MR) is 99.4 cm³/mol. The monoisotopic (exact) mass is 388 g/mol. The molecule has 0 aliphatic rings. The van der Waals surface area contributed by atoms with Crippen molar-refractivity contribution in [3.8, 4) is 11.5 Å². The van der Waals surface area contributed by atoms with Gasteiger partial charge < -0.3 is 19.5 Å². The average Bonchev–Trinajstić information content (AvgIpc) is 2.71. The summed E-state index contributed by atoms with van der Waals surface area (Å²) in [5.74, 6) is 0.208. The summed E-state index contributed by atoms with van der Waals surface area (Å²) in [6.07, 6.45) is -0.00793. The predicted octanol–water partition coefficient (Wildman–Crippen LogP) is 2.48. The summed E-state index contributed by atoms with van der Waals surface area (Å²) in [6.45, 7) is 0.149. The highest BCUT2D eigenvalue weighted by molar-refractivity contribution is 5.94. The lowest BCUT2D eigenvalue weighted by molar-refractivity contribution is -0.384. The van der Waals surface area contributed by atoms with Crippen LogP contribution in [0.25, 0.3) is 0 Å². The molecule has 9 nitrogen and oxygen atoms in total. The van der Waals surface area contributed by atoms with Crippen LogP contribution in [0.2, 0.25) is 0 Å². The average molecular weight is 388 g/mol. The molecule has 2 rings (SSSR count). The molecular formula is C19H20N2O7. The molecule has 0 aliphatic heterocycles. The van der Waals surface area contributed by atoms with Crippen LogP contribution < -0.4 is 14.8 Å². The van der Waals surface area contributed by atoms with Gasteiger partial charge in [0.15, 0.2) is 11.5 Å². The van der Waals surface area contributed by atoms with Gasteiger partial charge in [0, 0.05) is 24.2 Å². The molecule has 2 aromatic carbocycles. The summed E-state index contributed by atoms with van der Waals surface area (Å²) in [5.41, 5.74) is 0.903. The lowest BCUT2D eigenvalue weighted by atomic mass is 10.2. The van der Waals surface area contributed by atoms with Gasteiger partial charge in [-0.25, -0.2) is 0 Å². The van der Waals surface area contributed by atoms with E-state index in [-0.39, 0.29) is 30.8 Å². The molecule has 0 saturated heterocycles. The number of rotatable bonds is 9. The largest absolute Gasteiger partial charge is 0.493 e. The fourth-order valence-corrected chi connectivity index (χ4v) is 2.32. The number of hydrogen-bond donors (Lipinski definition) is 1. The van der Waals surface area contributed by atoms with Gasteiger partial charge in [-0.1, -0.05) is 6.07 Å². The van der Waals surface area contributed by atoms with Crippen molar-refractivity contribution in [1.29, 1.82) is 0 Å². The lowest BCUT2D eigenvalue weighted by Crippen LogP contribution is -2.26. The van der Waals surface area contributed by atoms with Gasteiger partial charge in [-0.05, 0) is 29.8 Å². The Balaban J connectivity index is 1.76. The molecule has 2 aromatic rings. The fourth-order valence-electron chi connectivity index (χ4n) is 2.32. The Morgan fingerprint density at radius 1 is 1.04 bits per heavy atom. The van der Waals surface area contributed by atoms with E-state index in [1.807, 2.05) is 0 Å². The lowest BCUT2D eigenvalue weighted by Gasteiger charge is -2.10. The minimum atomic E-state index is -0.546. The quantitative estimate of drug-likeness (QED) is 0.398. The number of carbonyl (C=O) groups is 2. The maximum absolute atomic E-state index is 12.0. The number of amides is 1. The molecule has 0 unspecified atom stereocenters. The van der Waals surface area contributed by atoms with Crippen LogP contribution in [-0.4, -0.2) is 37.6 Å². The van der Waals surface area contributed by atoms with Crippen LogP contribution in [0.5, 0.6) is 11.5 Å². The molecule has 0 aliphatic carbocycles. The van der Waals surface area contributed by atoms with E-state index in [9.17, 15) is 19.7 Å². The van der Waals surface area contributed by atoms with Crippen molar-refractivity contribution in [1.82, 2.24) is 5.32 Å². The van der Waals surface area contributed by atoms with Crippen LogP contribution in [0.15, 0.2) is 42.5 Å². The highest BCUT2D eigenvalue weighted by Crippen LogP contribution is 2.27. The van der Waals surface area contributed by atoms with Gasteiger partial charge in [0.1, 0.15) is 6.61 Å². The van der Waals surface area contributed by atoms with E-state index in [0.29, 0.717) is 11.5 Å². The number of hydrogen-bond acceptors (Lipinski definition) is 7. The maximum atomic E-state index is 12.0. The van der Waals surface area contributed by atoms with Gasteiger partial charge in [0.25, 0.3) is 11.6 Å². The van der Waals surface area contributed by atoms with Crippen molar-refractivity contribution in [2.24, 2.45) is 0 Å². The van der Waals surface area contributed by atoms with E-state index in [4.69, 9.17) is 14.2 Å². The molecule has 0 radical (unpaired) electrons. The first kappa shape index (κ1) is 20.7.